The third-order valence-electron chi connectivity index (χ3n) is 4.85. The van der Waals surface area contributed by atoms with Crippen molar-refractivity contribution < 1.29 is 14.3 Å². The third-order valence-corrected chi connectivity index (χ3v) is 7.71. The predicted molar refractivity (Wildman–Crippen MR) is 142 cm³/mol. The molecule has 0 aliphatic carbocycles. The number of halogens is 2. The van der Waals surface area contributed by atoms with E-state index in [2.05, 4.69) is 67.6 Å². The molecule has 0 aromatic heterocycles. The number of ether oxygens (including phenoxy) is 1. The number of hydrogen-bond donors (Lipinski definition) is 1. The van der Waals surface area contributed by atoms with Crippen LogP contribution in [0.3, 0.4) is 0 Å². The summed E-state index contributed by atoms with van der Waals surface area (Å²) in [5, 5.41) is 2.86. The van der Waals surface area contributed by atoms with Gasteiger partial charge in [0, 0.05) is 32.0 Å². The highest BCUT2D eigenvalue weighted by molar-refractivity contribution is 14.1. The van der Waals surface area contributed by atoms with Crippen molar-refractivity contribution in [3.8, 4) is 5.75 Å². The van der Waals surface area contributed by atoms with E-state index in [1.54, 1.807) is 23.2 Å². The smallest absolute Gasteiger partial charge is 0.265 e. The molecule has 0 bridgehead atoms. The van der Waals surface area contributed by atoms with Crippen molar-refractivity contribution in [3.63, 3.8) is 0 Å². The van der Waals surface area contributed by atoms with Gasteiger partial charge in [-0.05, 0) is 93.2 Å². The van der Waals surface area contributed by atoms with E-state index in [1.807, 2.05) is 42.5 Å². The topological polar surface area (TPSA) is 71.0 Å². The van der Waals surface area contributed by atoms with Crippen LogP contribution in [0.5, 0.6) is 5.75 Å². The summed E-state index contributed by atoms with van der Waals surface area (Å²) in [7, 11) is 0. The van der Waals surface area contributed by atoms with Gasteiger partial charge in [0.25, 0.3) is 11.8 Å². The highest BCUT2D eigenvalue weighted by atomic mass is 127. The summed E-state index contributed by atoms with van der Waals surface area (Å²) in [6.45, 7) is 0.646. The van der Waals surface area contributed by atoms with Crippen molar-refractivity contribution in [3.05, 3.63) is 85.0 Å². The van der Waals surface area contributed by atoms with Gasteiger partial charge >= 0.3 is 0 Å². The van der Waals surface area contributed by atoms with E-state index in [0.717, 1.165) is 5.56 Å². The Morgan fingerprint density at radius 2 is 1.88 bits per heavy atom. The molecule has 8 heteroatoms. The molecule has 0 spiro atoms. The first-order chi connectivity index (χ1) is 15.5. The molecule has 0 fully saturated rings. The lowest BCUT2D eigenvalue weighted by Crippen LogP contribution is -2.43. The molecule has 4 rings (SSSR count). The zero-order valence-electron chi connectivity index (χ0n) is 16.9. The average Bonchev–Trinajstić information content (AvgIpc) is 2.81. The molecule has 0 unspecified atom stereocenters. The monoisotopic (exact) mass is 651 g/mol. The Morgan fingerprint density at radius 3 is 2.66 bits per heavy atom. The maximum Gasteiger partial charge on any atom is 0.265 e. The number of anilines is 1. The van der Waals surface area contributed by atoms with Gasteiger partial charge in [0.1, 0.15) is 5.75 Å². The quantitative estimate of drug-likeness (QED) is 0.308. The normalized spacial score (nSPS) is 13.1. The molecular formula is C24H19I2N3O3. The summed E-state index contributed by atoms with van der Waals surface area (Å²) >= 11 is 4.60. The number of amides is 2. The minimum absolute atomic E-state index is 0.0245. The van der Waals surface area contributed by atoms with Crippen LogP contribution in [0.25, 0.3) is 0 Å². The van der Waals surface area contributed by atoms with Crippen LogP contribution in [0.2, 0.25) is 0 Å². The van der Waals surface area contributed by atoms with Crippen molar-refractivity contribution in [2.24, 2.45) is 4.99 Å². The van der Waals surface area contributed by atoms with Gasteiger partial charge in [-0.1, -0.05) is 24.3 Å². The molecule has 6 nitrogen and oxygen atoms in total. The van der Waals surface area contributed by atoms with Crippen molar-refractivity contribution in [2.45, 2.75) is 0 Å². The van der Waals surface area contributed by atoms with Crippen LogP contribution in [-0.2, 0) is 4.79 Å². The molecule has 1 aliphatic heterocycles. The van der Waals surface area contributed by atoms with E-state index < -0.39 is 0 Å². The molecule has 0 saturated carbocycles. The second kappa shape index (κ2) is 10.4. The minimum Gasteiger partial charge on any atom is -0.482 e. The van der Waals surface area contributed by atoms with Crippen LogP contribution in [-0.4, -0.2) is 37.7 Å². The highest BCUT2D eigenvalue weighted by Crippen LogP contribution is 2.35. The first-order valence-electron chi connectivity index (χ1n) is 9.91. The molecule has 3 aromatic rings. The van der Waals surface area contributed by atoms with Crippen LogP contribution in [0, 0.1) is 7.14 Å². The number of aliphatic imine (C=N–C) groups is 1. The summed E-state index contributed by atoms with van der Waals surface area (Å²) in [5.41, 5.74) is 2.96. The van der Waals surface area contributed by atoms with E-state index in [-0.39, 0.29) is 18.4 Å². The van der Waals surface area contributed by atoms with E-state index in [4.69, 9.17) is 4.74 Å². The van der Waals surface area contributed by atoms with Gasteiger partial charge in [0.2, 0.25) is 0 Å². The Labute approximate surface area is 213 Å². The van der Waals surface area contributed by atoms with E-state index in [9.17, 15) is 9.59 Å². The molecule has 1 N–H and O–H groups in total. The van der Waals surface area contributed by atoms with Crippen molar-refractivity contribution >= 4 is 74.6 Å². The number of benzene rings is 3. The summed E-state index contributed by atoms with van der Waals surface area (Å²) in [6, 6.07) is 20.6. The lowest BCUT2D eigenvalue weighted by molar-refractivity contribution is -0.121. The summed E-state index contributed by atoms with van der Waals surface area (Å²) in [6.07, 6.45) is 1.80. The van der Waals surface area contributed by atoms with Gasteiger partial charge in [0.05, 0.1) is 11.4 Å². The third kappa shape index (κ3) is 5.47. The predicted octanol–water partition coefficient (Wildman–Crippen LogP) is 4.80. The maximum atomic E-state index is 12.5. The zero-order valence-corrected chi connectivity index (χ0v) is 21.2. The fourth-order valence-electron chi connectivity index (χ4n) is 3.23. The molecular weight excluding hydrogens is 632 g/mol. The molecule has 2 amide bonds. The zero-order chi connectivity index (χ0) is 22.5. The van der Waals surface area contributed by atoms with Gasteiger partial charge < -0.3 is 15.0 Å². The fourth-order valence-corrected chi connectivity index (χ4v) is 4.11. The standard InChI is InChI=1S/C24H19I2N3O3/c25-19-8-6-16(12-20(19)26)14-28-18-7-9-22-21(13-18)29(23(30)15-32-22)11-10-27-24(31)17-4-2-1-3-5-17/h1-9,12-14H,10-11,15H2,(H,27,31)/b28-14+. The molecule has 0 atom stereocenters. The molecule has 1 aliphatic rings. The largest absolute Gasteiger partial charge is 0.482 e. The van der Waals surface area contributed by atoms with Gasteiger partial charge in [0.15, 0.2) is 6.61 Å². The van der Waals surface area contributed by atoms with Crippen LogP contribution < -0.4 is 15.0 Å². The molecule has 162 valence electrons. The van der Waals surface area contributed by atoms with Gasteiger partial charge in [-0.2, -0.15) is 0 Å². The summed E-state index contributed by atoms with van der Waals surface area (Å²) in [5.74, 6) is 0.304. The van der Waals surface area contributed by atoms with Crippen molar-refractivity contribution in [1.82, 2.24) is 5.32 Å². The second-order valence-corrected chi connectivity index (χ2v) is 9.36. The molecule has 32 heavy (non-hydrogen) atoms. The van der Waals surface area contributed by atoms with Gasteiger partial charge in [-0.15, -0.1) is 0 Å². The van der Waals surface area contributed by atoms with Gasteiger partial charge in [-0.25, -0.2) is 0 Å². The number of nitrogens with one attached hydrogen (secondary N) is 1. The number of carbonyl (C=O) groups is 2. The van der Waals surface area contributed by atoms with Crippen LogP contribution in [0.1, 0.15) is 15.9 Å². The van der Waals surface area contributed by atoms with Crippen molar-refractivity contribution in [1.29, 1.82) is 0 Å². The Morgan fingerprint density at radius 1 is 1.06 bits per heavy atom. The SMILES string of the molecule is O=C(NCCN1C(=O)COc2ccc(/N=C/c3ccc(I)c(I)c3)cc21)c1ccccc1. The molecule has 3 aromatic carbocycles. The number of rotatable bonds is 6. The first kappa shape index (κ1) is 22.7. The summed E-state index contributed by atoms with van der Waals surface area (Å²) in [4.78, 5) is 31.0. The first-order valence-corrected chi connectivity index (χ1v) is 12.1. The number of fused-ring (bicyclic) bond motifs is 1. The molecule has 0 radical (unpaired) electrons. The summed E-state index contributed by atoms with van der Waals surface area (Å²) < 4.78 is 7.94. The lowest BCUT2D eigenvalue weighted by Gasteiger charge is -2.29. The maximum absolute atomic E-state index is 12.5. The fraction of sp³-hybridized carbons (Fsp3) is 0.125. The average molecular weight is 651 g/mol. The molecule has 0 saturated heterocycles. The molecule has 1 heterocycles. The van der Waals surface area contributed by atoms with Gasteiger partial charge in [-0.3, -0.25) is 14.6 Å². The highest BCUT2D eigenvalue weighted by Gasteiger charge is 2.25. The Balaban J connectivity index is 1.47. The number of nitrogens with zero attached hydrogens (tertiary/aromatic N) is 2. The van der Waals surface area contributed by atoms with E-state index in [0.29, 0.717) is 35.8 Å². The Kier molecular flexibility index (Phi) is 7.40. The minimum atomic E-state index is -0.169. The van der Waals surface area contributed by atoms with E-state index >= 15 is 0 Å². The van der Waals surface area contributed by atoms with Crippen LogP contribution >= 0.6 is 45.2 Å². The van der Waals surface area contributed by atoms with E-state index in [1.165, 1.54) is 7.14 Å². The van der Waals surface area contributed by atoms with Crippen LogP contribution in [0.15, 0.2) is 71.7 Å². The Hall–Kier alpha value is -2.47. The second-order valence-electron chi connectivity index (χ2n) is 7.04. The van der Waals surface area contributed by atoms with Crippen molar-refractivity contribution in [2.75, 3.05) is 24.6 Å². The lowest BCUT2D eigenvalue weighted by atomic mass is 10.2. The number of hydrogen-bond acceptors (Lipinski definition) is 4. The number of carbonyl (C=O) groups excluding carboxylic acids is 2. The Bertz CT molecular complexity index is 1180. The van der Waals surface area contributed by atoms with Crippen LogP contribution in [0.4, 0.5) is 11.4 Å².